The van der Waals surface area contributed by atoms with Crippen LogP contribution in [-0.2, 0) is 10.5 Å². The Hall–Kier alpha value is -1.51. The van der Waals surface area contributed by atoms with E-state index in [1.54, 1.807) is 12.1 Å². The molecule has 0 aliphatic rings. The van der Waals surface area contributed by atoms with Gasteiger partial charge in [-0.15, -0.1) is 24.2 Å². The van der Waals surface area contributed by atoms with Gasteiger partial charge in [0.05, 0.1) is 17.8 Å². The molecule has 0 fully saturated rings. The van der Waals surface area contributed by atoms with Crippen LogP contribution in [-0.4, -0.2) is 36.3 Å². The van der Waals surface area contributed by atoms with Crippen LogP contribution in [0.4, 0.5) is 5.69 Å². The minimum absolute atomic E-state index is 0. The predicted octanol–water partition coefficient (Wildman–Crippen LogP) is 1.72. The average Bonchev–Trinajstić information content (AvgIpc) is 2.46. The molecular weight excluding hydrogens is 330 g/mol. The zero-order valence-corrected chi connectivity index (χ0v) is 14.0. The molecular formula is C13H20ClN3O4S. The molecule has 7 nitrogen and oxygen atoms in total. The molecule has 0 aromatic heterocycles. The molecule has 0 radical (unpaired) electrons. The van der Waals surface area contributed by atoms with E-state index >= 15 is 0 Å². The fourth-order valence-corrected chi connectivity index (χ4v) is 2.39. The highest BCUT2D eigenvalue weighted by Crippen LogP contribution is 2.28. The third-order valence-corrected chi connectivity index (χ3v) is 3.71. The molecule has 0 saturated carbocycles. The zero-order valence-electron chi connectivity index (χ0n) is 12.4. The lowest BCUT2D eigenvalue weighted by molar-refractivity contribution is -0.385. The maximum absolute atomic E-state index is 11.6. The van der Waals surface area contributed by atoms with Gasteiger partial charge < -0.3 is 15.8 Å². The molecule has 1 aromatic carbocycles. The number of carbonyl (C=O) groups is 1. The average molecular weight is 350 g/mol. The van der Waals surface area contributed by atoms with Crippen molar-refractivity contribution in [3.05, 3.63) is 33.9 Å². The Morgan fingerprint density at radius 2 is 2.23 bits per heavy atom. The Morgan fingerprint density at radius 1 is 1.55 bits per heavy atom. The van der Waals surface area contributed by atoms with Crippen LogP contribution >= 0.6 is 24.2 Å². The molecule has 1 aromatic rings. The maximum Gasteiger partial charge on any atom is 0.311 e. The maximum atomic E-state index is 11.6. The molecule has 124 valence electrons. The van der Waals surface area contributed by atoms with Crippen molar-refractivity contribution in [3.8, 4) is 5.75 Å². The molecule has 0 aliphatic heterocycles. The van der Waals surface area contributed by atoms with Crippen LogP contribution in [0, 0.1) is 10.1 Å². The summed E-state index contributed by atoms with van der Waals surface area (Å²) in [4.78, 5) is 22.0. The number of nitrogens with zero attached hydrogens (tertiary/aromatic N) is 1. The lowest BCUT2D eigenvalue weighted by Crippen LogP contribution is -2.38. The van der Waals surface area contributed by atoms with Crippen molar-refractivity contribution in [2.45, 2.75) is 18.7 Å². The molecule has 1 amide bonds. The Morgan fingerprint density at radius 3 is 2.77 bits per heavy atom. The second kappa shape index (κ2) is 10.3. The molecule has 0 bridgehead atoms. The van der Waals surface area contributed by atoms with E-state index in [4.69, 9.17) is 10.5 Å². The summed E-state index contributed by atoms with van der Waals surface area (Å²) in [6.07, 6.45) is 0. The van der Waals surface area contributed by atoms with E-state index in [0.29, 0.717) is 12.3 Å². The molecule has 1 rings (SSSR count). The van der Waals surface area contributed by atoms with Gasteiger partial charge in [0.1, 0.15) is 0 Å². The molecule has 1 atom stereocenters. The highest BCUT2D eigenvalue weighted by Gasteiger charge is 2.15. The smallest absolute Gasteiger partial charge is 0.311 e. The molecule has 3 N–H and O–H groups in total. The summed E-state index contributed by atoms with van der Waals surface area (Å²) < 4.78 is 4.94. The van der Waals surface area contributed by atoms with E-state index in [-0.39, 0.29) is 41.5 Å². The number of halogens is 1. The number of methoxy groups -OCH3 is 1. The van der Waals surface area contributed by atoms with E-state index in [2.05, 4.69) is 5.32 Å². The summed E-state index contributed by atoms with van der Waals surface area (Å²) in [5.74, 6) is 0.920. The zero-order chi connectivity index (χ0) is 15.8. The van der Waals surface area contributed by atoms with Crippen molar-refractivity contribution < 1.29 is 14.5 Å². The van der Waals surface area contributed by atoms with Gasteiger partial charge in [-0.3, -0.25) is 14.9 Å². The van der Waals surface area contributed by atoms with Gasteiger partial charge in [0.25, 0.3) is 0 Å². The lowest BCUT2D eigenvalue weighted by atomic mass is 10.2. The van der Waals surface area contributed by atoms with Gasteiger partial charge in [0.2, 0.25) is 5.91 Å². The number of ether oxygens (including phenoxy) is 1. The van der Waals surface area contributed by atoms with Gasteiger partial charge in [-0.2, -0.15) is 0 Å². The van der Waals surface area contributed by atoms with Crippen molar-refractivity contribution in [2.75, 3.05) is 19.4 Å². The summed E-state index contributed by atoms with van der Waals surface area (Å²) in [6, 6.07) is 4.72. The van der Waals surface area contributed by atoms with Crippen molar-refractivity contribution >= 4 is 35.8 Å². The number of nitrogens with two attached hydrogens (primary N) is 1. The second-order valence-electron chi connectivity index (χ2n) is 4.46. The molecule has 9 heteroatoms. The lowest BCUT2D eigenvalue weighted by Gasteiger charge is -2.11. The van der Waals surface area contributed by atoms with Crippen LogP contribution in [0.2, 0.25) is 0 Å². The topological polar surface area (TPSA) is 107 Å². The monoisotopic (exact) mass is 349 g/mol. The van der Waals surface area contributed by atoms with Crippen LogP contribution < -0.4 is 15.8 Å². The Balaban J connectivity index is 0.00000441. The normalized spacial score (nSPS) is 11.2. The highest BCUT2D eigenvalue weighted by molar-refractivity contribution is 7.99. The largest absolute Gasteiger partial charge is 0.490 e. The van der Waals surface area contributed by atoms with Crippen molar-refractivity contribution in [1.82, 2.24) is 5.32 Å². The third kappa shape index (κ3) is 6.50. The number of nitrogens with one attached hydrogen (secondary N) is 1. The van der Waals surface area contributed by atoms with Crippen LogP contribution in [0.15, 0.2) is 18.2 Å². The van der Waals surface area contributed by atoms with Crippen molar-refractivity contribution in [1.29, 1.82) is 0 Å². The van der Waals surface area contributed by atoms with E-state index in [9.17, 15) is 14.9 Å². The first kappa shape index (κ1) is 20.5. The minimum Gasteiger partial charge on any atom is -0.490 e. The standard InChI is InChI=1S/C13H19N3O4S.ClH/c1-9(6-14)15-13(17)8-21-7-10-3-4-12(20-2)11(5-10)16(18)19;/h3-5,9H,6-8,14H2,1-2H3,(H,15,17);1H/t9-;/m0./s1. The Kier molecular flexibility index (Phi) is 9.55. The van der Waals surface area contributed by atoms with Gasteiger partial charge in [-0.05, 0) is 18.6 Å². The van der Waals surface area contributed by atoms with E-state index in [0.717, 1.165) is 5.56 Å². The summed E-state index contributed by atoms with van der Waals surface area (Å²) in [6.45, 7) is 2.22. The number of hydrogen-bond acceptors (Lipinski definition) is 6. The number of nitro groups is 1. The number of amides is 1. The van der Waals surface area contributed by atoms with Gasteiger partial charge in [-0.1, -0.05) is 6.07 Å². The molecule has 0 heterocycles. The van der Waals surface area contributed by atoms with Crippen LogP contribution in [0.3, 0.4) is 0 Å². The fraction of sp³-hybridized carbons (Fsp3) is 0.462. The van der Waals surface area contributed by atoms with Crippen LogP contribution in [0.25, 0.3) is 0 Å². The van der Waals surface area contributed by atoms with Gasteiger partial charge in [0.15, 0.2) is 5.75 Å². The highest BCUT2D eigenvalue weighted by atomic mass is 35.5. The van der Waals surface area contributed by atoms with E-state index < -0.39 is 4.92 Å². The number of carbonyl (C=O) groups excluding carboxylic acids is 1. The Labute approximate surface area is 139 Å². The van der Waals surface area contributed by atoms with Crippen molar-refractivity contribution in [2.24, 2.45) is 5.73 Å². The summed E-state index contributed by atoms with van der Waals surface area (Å²) in [7, 11) is 1.39. The number of hydrogen-bond donors (Lipinski definition) is 2. The van der Waals surface area contributed by atoms with E-state index in [1.807, 2.05) is 6.92 Å². The van der Waals surface area contributed by atoms with Gasteiger partial charge in [0, 0.05) is 24.4 Å². The number of thioether (sulfide) groups is 1. The summed E-state index contributed by atoms with van der Waals surface area (Å²) in [5.41, 5.74) is 6.11. The molecule has 0 unspecified atom stereocenters. The molecule has 0 spiro atoms. The first-order valence-electron chi connectivity index (χ1n) is 6.36. The number of benzene rings is 1. The second-order valence-corrected chi connectivity index (χ2v) is 5.45. The van der Waals surface area contributed by atoms with Gasteiger partial charge >= 0.3 is 5.69 Å². The predicted molar refractivity (Wildman–Crippen MR) is 89.7 cm³/mol. The molecule has 0 aliphatic carbocycles. The quantitative estimate of drug-likeness (QED) is 0.546. The van der Waals surface area contributed by atoms with Gasteiger partial charge in [-0.25, -0.2) is 0 Å². The molecule has 0 saturated heterocycles. The Bertz CT molecular complexity index is 516. The third-order valence-electron chi connectivity index (χ3n) is 2.70. The van der Waals surface area contributed by atoms with Crippen molar-refractivity contribution in [3.63, 3.8) is 0 Å². The fourth-order valence-electron chi connectivity index (χ4n) is 1.61. The number of nitro benzene ring substituents is 1. The van der Waals surface area contributed by atoms with E-state index in [1.165, 1.54) is 24.9 Å². The number of rotatable bonds is 8. The first-order chi connectivity index (χ1) is 9.97. The first-order valence-corrected chi connectivity index (χ1v) is 7.51. The van der Waals surface area contributed by atoms with Crippen LogP contribution in [0.1, 0.15) is 12.5 Å². The summed E-state index contributed by atoms with van der Waals surface area (Å²) in [5, 5.41) is 13.7. The SMILES string of the molecule is COc1ccc(CSCC(=O)N[C@@H](C)CN)cc1[N+](=O)[O-].Cl. The summed E-state index contributed by atoms with van der Waals surface area (Å²) >= 11 is 1.38. The van der Waals surface area contributed by atoms with Crippen LogP contribution in [0.5, 0.6) is 5.75 Å². The minimum atomic E-state index is -0.483. The molecule has 22 heavy (non-hydrogen) atoms.